The van der Waals surface area contributed by atoms with Crippen molar-refractivity contribution in [3.05, 3.63) is 82.6 Å². The second-order valence-corrected chi connectivity index (χ2v) is 7.61. The maximum absolute atomic E-state index is 10.4. The molecule has 0 amide bonds. The third kappa shape index (κ3) is 3.13. The predicted molar refractivity (Wildman–Crippen MR) is 114 cm³/mol. The van der Waals surface area contributed by atoms with Crippen molar-refractivity contribution in [3.8, 4) is 17.2 Å². The lowest BCUT2D eigenvalue weighted by Crippen LogP contribution is -2.34. The molecule has 0 bridgehead atoms. The minimum atomic E-state index is -0.461. The summed E-state index contributed by atoms with van der Waals surface area (Å²) in [7, 11) is 0. The lowest BCUT2D eigenvalue weighted by molar-refractivity contribution is -0.0214. The van der Waals surface area contributed by atoms with Gasteiger partial charge >= 0.3 is 0 Å². The van der Waals surface area contributed by atoms with Crippen molar-refractivity contribution in [2.45, 2.75) is 25.6 Å². The Bertz CT molecular complexity index is 1120. The van der Waals surface area contributed by atoms with Crippen LogP contribution in [0.3, 0.4) is 0 Å². The van der Waals surface area contributed by atoms with Crippen molar-refractivity contribution in [3.63, 3.8) is 0 Å². The zero-order valence-corrected chi connectivity index (χ0v) is 17.1. The van der Waals surface area contributed by atoms with Gasteiger partial charge in [-0.05, 0) is 37.3 Å². The molecule has 2 atom stereocenters. The summed E-state index contributed by atoms with van der Waals surface area (Å²) < 4.78 is 12.2. The van der Waals surface area contributed by atoms with Crippen LogP contribution in [-0.4, -0.2) is 27.4 Å². The fraction of sp³-hybridized carbons (Fsp3) is 0.217. The van der Waals surface area contributed by atoms with Crippen molar-refractivity contribution < 1.29 is 14.6 Å². The van der Waals surface area contributed by atoms with E-state index in [1.54, 1.807) is 30.6 Å². The van der Waals surface area contributed by atoms with Gasteiger partial charge in [0.1, 0.15) is 5.75 Å². The molecule has 3 aromatic rings. The summed E-state index contributed by atoms with van der Waals surface area (Å²) in [6.45, 7) is 2.50. The Morgan fingerprint density at radius 3 is 2.93 bits per heavy atom. The van der Waals surface area contributed by atoms with E-state index in [1.165, 1.54) is 0 Å². The average Bonchev–Trinajstić information content (AvgIpc) is 3.21. The largest absolute Gasteiger partial charge is 0.507 e. The number of para-hydroxylation sites is 1. The van der Waals surface area contributed by atoms with Crippen LogP contribution in [-0.2, 0) is 0 Å². The molecule has 3 heterocycles. The zero-order chi connectivity index (χ0) is 20.7. The van der Waals surface area contributed by atoms with Crippen LogP contribution in [0.15, 0.2) is 66.0 Å². The van der Waals surface area contributed by atoms with Gasteiger partial charge in [-0.1, -0.05) is 29.8 Å². The molecule has 0 fully saturated rings. The van der Waals surface area contributed by atoms with E-state index in [2.05, 4.69) is 4.98 Å². The molecule has 0 saturated heterocycles. The van der Waals surface area contributed by atoms with E-state index < -0.39 is 6.23 Å². The Morgan fingerprint density at radius 1 is 1.23 bits per heavy atom. The first-order valence-electron chi connectivity index (χ1n) is 9.82. The van der Waals surface area contributed by atoms with E-state index in [1.807, 2.05) is 42.3 Å². The minimum absolute atomic E-state index is 0.0623. The molecule has 0 aliphatic carbocycles. The monoisotopic (exact) mass is 421 g/mol. The fourth-order valence-electron chi connectivity index (χ4n) is 4.00. The number of rotatable bonds is 4. The number of ether oxygens (including phenoxy) is 2. The third-order valence-electron chi connectivity index (χ3n) is 5.32. The second kappa shape index (κ2) is 7.54. The highest BCUT2D eigenvalue weighted by molar-refractivity contribution is 6.31. The number of phenolic OH excluding ortho intramolecular Hbond substituents is 1. The van der Waals surface area contributed by atoms with Gasteiger partial charge in [-0.3, -0.25) is 4.98 Å². The van der Waals surface area contributed by atoms with Gasteiger partial charge in [-0.2, -0.15) is 5.10 Å². The van der Waals surface area contributed by atoms with Gasteiger partial charge in [-0.25, -0.2) is 5.01 Å². The Balaban J connectivity index is 1.63. The summed E-state index contributed by atoms with van der Waals surface area (Å²) in [4.78, 5) is 4.25. The van der Waals surface area contributed by atoms with Crippen LogP contribution < -0.4 is 9.47 Å². The normalized spacial score (nSPS) is 19.5. The van der Waals surface area contributed by atoms with E-state index in [4.69, 9.17) is 26.2 Å². The number of nitrogens with zero attached hydrogens (tertiary/aromatic N) is 3. The van der Waals surface area contributed by atoms with Crippen molar-refractivity contribution in [2.24, 2.45) is 5.10 Å². The van der Waals surface area contributed by atoms with Crippen molar-refractivity contribution in [2.75, 3.05) is 6.61 Å². The maximum Gasteiger partial charge on any atom is 0.215 e. The Hall–Kier alpha value is -3.25. The van der Waals surface area contributed by atoms with E-state index in [9.17, 15) is 5.11 Å². The number of phenols is 1. The van der Waals surface area contributed by atoms with Crippen LogP contribution >= 0.6 is 11.6 Å². The van der Waals surface area contributed by atoms with E-state index >= 15 is 0 Å². The van der Waals surface area contributed by atoms with E-state index in [0.29, 0.717) is 29.4 Å². The highest BCUT2D eigenvalue weighted by atomic mass is 35.5. The van der Waals surface area contributed by atoms with Crippen LogP contribution in [0.5, 0.6) is 17.2 Å². The van der Waals surface area contributed by atoms with Gasteiger partial charge < -0.3 is 14.6 Å². The standard InChI is InChI=1S/C23H20ClN3O3/c1-2-29-21-7-3-6-16-19-12-18(17-11-15(24)8-9-20(17)28)26-27(19)23(30-22(16)21)14-5-4-10-25-13-14/h3-11,13,19,23,28H,2,12H2,1H3/t19-,23+/m1/s1. The predicted octanol–water partition coefficient (Wildman–Crippen LogP) is 5.08. The minimum Gasteiger partial charge on any atom is -0.507 e. The van der Waals surface area contributed by atoms with Crippen LogP contribution in [0.4, 0.5) is 0 Å². The third-order valence-corrected chi connectivity index (χ3v) is 5.55. The molecule has 7 heteroatoms. The summed E-state index contributed by atoms with van der Waals surface area (Å²) >= 11 is 6.18. The average molecular weight is 422 g/mol. The van der Waals surface area contributed by atoms with Crippen LogP contribution in [0.25, 0.3) is 0 Å². The van der Waals surface area contributed by atoms with E-state index in [0.717, 1.165) is 22.6 Å². The molecule has 30 heavy (non-hydrogen) atoms. The van der Waals surface area contributed by atoms with Gasteiger partial charge in [0.05, 0.1) is 18.4 Å². The van der Waals surface area contributed by atoms with Crippen LogP contribution in [0, 0.1) is 0 Å². The molecule has 1 N–H and O–H groups in total. The number of halogens is 1. The first kappa shape index (κ1) is 18.8. The number of hydrogen-bond donors (Lipinski definition) is 1. The number of aromatic nitrogens is 1. The molecule has 0 saturated carbocycles. The molecule has 0 spiro atoms. The van der Waals surface area contributed by atoms with E-state index in [-0.39, 0.29) is 11.8 Å². The molecule has 5 rings (SSSR count). The van der Waals surface area contributed by atoms with Crippen molar-refractivity contribution >= 4 is 17.3 Å². The number of benzene rings is 2. The Morgan fingerprint density at radius 2 is 2.13 bits per heavy atom. The molecule has 2 aliphatic heterocycles. The number of pyridine rings is 1. The lowest BCUT2D eigenvalue weighted by atomic mass is 9.95. The summed E-state index contributed by atoms with van der Waals surface area (Å²) in [6, 6.07) is 14.7. The summed E-state index contributed by atoms with van der Waals surface area (Å²) in [6.07, 6.45) is 3.65. The van der Waals surface area contributed by atoms with Gasteiger partial charge in [0.25, 0.3) is 0 Å². The Labute approximate surface area is 179 Å². The Kier molecular flexibility index (Phi) is 4.71. The maximum atomic E-state index is 10.4. The molecular weight excluding hydrogens is 402 g/mol. The number of hydrogen-bond acceptors (Lipinski definition) is 6. The molecule has 0 unspecified atom stereocenters. The first-order chi connectivity index (χ1) is 14.7. The van der Waals surface area contributed by atoms with Gasteiger partial charge in [0.15, 0.2) is 11.5 Å². The first-order valence-corrected chi connectivity index (χ1v) is 10.2. The summed E-state index contributed by atoms with van der Waals surface area (Å²) in [5.41, 5.74) is 3.28. The molecule has 152 valence electrons. The van der Waals surface area contributed by atoms with Crippen molar-refractivity contribution in [1.29, 1.82) is 0 Å². The lowest BCUT2D eigenvalue weighted by Gasteiger charge is -2.38. The summed E-state index contributed by atoms with van der Waals surface area (Å²) in [5, 5.41) is 17.7. The molecule has 0 radical (unpaired) electrons. The number of aromatic hydroxyl groups is 1. The summed E-state index contributed by atoms with van der Waals surface area (Å²) in [5.74, 6) is 1.59. The zero-order valence-electron chi connectivity index (χ0n) is 16.3. The van der Waals surface area contributed by atoms with Crippen LogP contribution in [0.1, 0.15) is 42.3 Å². The highest BCUT2D eigenvalue weighted by Crippen LogP contribution is 2.51. The van der Waals surface area contributed by atoms with Gasteiger partial charge in [0, 0.05) is 40.5 Å². The number of hydrazone groups is 1. The topological polar surface area (TPSA) is 67.2 Å². The van der Waals surface area contributed by atoms with Gasteiger partial charge in [-0.15, -0.1) is 0 Å². The second-order valence-electron chi connectivity index (χ2n) is 7.17. The molecule has 2 aromatic carbocycles. The smallest absolute Gasteiger partial charge is 0.215 e. The molecule has 1 aromatic heterocycles. The fourth-order valence-corrected chi connectivity index (χ4v) is 4.17. The van der Waals surface area contributed by atoms with Gasteiger partial charge in [0.2, 0.25) is 6.23 Å². The highest BCUT2D eigenvalue weighted by Gasteiger charge is 2.42. The van der Waals surface area contributed by atoms with Crippen molar-refractivity contribution in [1.82, 2.24) is 9.99 Å². The SMILES string of the molecule is CCOc1cccc2c1O[C@@H](c1cccnc1)N1N=C(c3cc(Cl)ccc3O)C[C@H]21. The quantitative estimate of drug-likeness (QED) is 0.636. The molecule has 6 nitrogen and oxygen atoms in total. The van der Waals surface area contributed by atoms with Crippen LogP contribution in [0.2, 0.25) is 5.02 Å². The number of fused-ring (bicyclic) bond motifs is 3. The molecule has 2 aliphatic rings. The molecular formula is C23H20ClN3O3.